The summed E-state index contributed by atoms with van der Waals surface area (Å²) in [5.74, 6) is 4.07. The number of ketones is 2. The molecule has 19 heteroatoms. The zero-order valence-electron chi connectivity index (χ0n) is 51.3. The van der Waals surface area contributed by atoms with Gasteiger partial charge in [-0.2, -0.15) is 0 Å². The standard InChI is InChI=1S/C23H27N3O2.C23H26N2O2.C12H12ClNO2S.C12H14N2O2S/c24-14-3-1-2-4-16-28-18-12-10-17(11-13-18)23-25-20-8-5-7-19-21(27)9-6-15-26(23)22(19)20;1-2-3-4-5-16-27-18-13-11-17(12-14-18)23-24-20-9-6-8-19-21(26)10-7-15-25(23)22(19)20;2*1-14(2)11-7-3-6-10-9(11)5-4-8-12(10)17(13,15)16/h5,7-8,10-13H,1-4,6,9,14-16,24H2;6,8-9,11-14H,2-5,7,10,15-16H2,1H3;3-8H,1-2H3;3-8H,1-2H3,(H2,13,15,16). The lowest BCUT2D eigenvalue weighted by Gasteiger charge is -2.16. The predicted octanol–water partition coefficient (Wildman–Crippen LogP) is 14.6. The van der Waals surface area contributed by atoms with Gasteiger partial charge in [-0.25, -0.2) is 31.9 Å². The minimum Gasteiger partial charge on any atom is -0.494 e. The Labute approximate surface area is 526 Å². The van der Waals surface area contributed by atoms with E-state index in [1.54, 1.807) is 24.3 Å². The van der Waals surface area contributed by atoms with Crippen LogP contribution in [0.25, 0.3) is 66.4 Å². The molecule has 0 amide bonds. The Hall–Kier alpha value is -8.13. The maximum absolute atomic E-state index is 12.4. The van der Waals surface area contributed by atoms with Crippen LogP contribution in [0, 0.1) is 0 Å². The summed E-state index contributed by atoms with van der Waals surface area (Å²) in [4.78, 5) is 38.6. The van der Waals surface area contributed by atoms with E-state index in [4.69, 9.17) is 41.0 Å². The summed E-state index contributed by atoms with van der Waals surface area (Å²) < 4.78 is 62.1. The van der Waals surface area contributed by atoms with Crippen LogP contribution in [0.5, 0.6) is 11.5 Å². The average Bonchev–Trinajstić information content (AvgIpc) is 1.95. The predicted molar refractivity (Wildman–Crippen MR) is 361 cm³/mol. The number of fused-ring (bicyclic) bond motifs is 2. The fraction of sp³-hybridized carbons (Fsp3) is 0.314. The number of carbonyl (C=O) groups excluding carboxylic acids is 2. The largest absolute Gasteiger partial charge is 0.494 e. The molecule has 0 atom stereocenters. The number of unbranched alkanes of at least 4 members (excludes halogenated alkanes) is 6. The Balaban J connectivity index is 0.000000145. The van der Waals surface area contributed by atoms with Crippen LogP contribution in [0.3, 0.4) is 0 Å². The van der Waals surface area contributed by atoms with Crippen LogP contribution in [0.4, 0.5) is 11.4 Å². The Bertz CT molecular complexity index is 4220. The number of anilines is 2. The molecule has 8 aromatic carbocycles. The van der Waals surface area contributed by atoms with Gasteiger partial charge < -0.3 is 34.1 Å². The van der Waals surface area contributed by atoms with E-state index in [0.717, 1.165) is 161 Å². The molecule has 0 spiro atoms. The molecule has 0 saturated heterocycles. The van der Waals surface area contributed by atoms with Crippen LogP contribution >= 0.6 is 10.7 Å². The molecule has 10 aromatic rings. The van der Waals surface area contributed by atoms with Crippen molar-refractivity contribution in [2.75, 3.05) is 57.7 Å². The van der Waals surface area contributed by atoms with E-state index in [2.05, 4.69) is 40.3 Å². The van der Waals surface area contributed by atoms with E-state index in [1.165, 1.54) is 37.8 Å². The second-order valence-corrected chi connectivity index (χ2v) is 26.7. The number of aryl methyl sites for hydroxylation is 2. The normalized spacial score (nSPS) is 12.9. The summed E-state index contributed by atoms with van der Waals surface area (Å²) in [6.07, 6.45) is 12.2. The van der Waals surface area contributed by atoms with Crippen molar-refractivity contribution in [3.05, 3.63) is 169 Å². The number of halogens is 1. The van der Waals surface area contributed by atoms with E-state index in [-0.39, 0.29) is 21.4 Å². The second-order valence-electron chi connectivity index (χ2n) is 22.6. The zero-order chi connectivity index (χ0) is 63.2. The molecule has 0 aliphatic carbocycles. The van der Waals surface area contributed by atoms with Crippen LogP contribution in [0.1, 0.15) is 105 Å². The second kappa shape index (κ2) is 29.9. The van der Waals surface area contributed by atoms with Crippen molar-refractivity contribution in [3.63, 3.8) is 0 Å². The fourth-order valence-corrected chi connectivity index (χ4v) is 13.3. The average molecular weight is 1260 g/mol. The summed E-state index contributed by atoms with van der Waals surface area (Å²) in [5, 5.41) is 8.26. The molecule has 2 aliphatic heterocycles. The fourth-order valence-electron chi connectivity index (χ4n) is 11.4. The Morgan fingerprint density at radius 2 is 0.910 bits per heavy atom. The molecule has 4 heterocycles. The third-order valence-electron chi connectivity index (χ3n) is 15.8. The first-order valence-electron chi connectivity index (χ1n) is 30.4. The number of rotatable bonds is 19. The molecule has 16 nitrogen and oxygen atoms in total. The maximum Gasteiger partial charge on any atom is 0.261 e. The number of nitrogens with two attached hydrogens (primary N) is 2. The summed E-state index contributed by atoms with van der Waals surface area (Å²) in [6, 6.07) is 49.2. The highest BCUT2D eigenvalue weighted by atomic mass is 35.7. The molecule has 4 N–H and O–H groups in total. The van der Waals surface area contributed by atoms with Crippen LogP contribution in [0.2, 0.25) is 0 Å². The number of primary sulfonamides is 1. The third-order valence-corrected chi connectivity index (χ3v) is 18.2. The van der Waals surface area contributed by atoms with Crippen molar-refractivity contribution in [1.82, 2.24) is 19.1 Å². The zero-order valence-corrected chi connectivity index (χ0v) is 53.7. The van der Waals surface area contributed by atoms with Crippen molar-refractivity contribution >= 4 is 96.3 Å². The number of Topliss-reactive ketones (excluding diaryl/α,β-unsaturated/α-hetero) is 2. The Morgan fingerprint density at radius 1 is 0.506 bits per heavy atom. The third kappa shape index (κ3) is 15.8. The van der Waals surface area contributed by atoms with Gasteiger partial charge in [0, 0.05) is 120 Å². The Kier molecular flexibility index (Phi) is 22.0. The number of benzene rings is 8. The lowest BCUT2D eigenvalue weighted by molar-refractivity contribution is 0.0974. The number of imidazole rings is 2. The molecule has 89 heavy (non-hydrogen) atoms. The molecule has 2 aromatic heterocycles. The maximum atomic E-state index is 12.4. The number of nitrogens with zero attached hydrogens (tertiary/aromatic N) is 6. The van der Waals surface area contributed by atoms with E-state index in [9.17, 15) is 26.4 Å². The Morgan fingerprint density at radius 3 is 1.34 bits per heavy atom. The topological polar surface area (TPSA) is 215 Å². The van der Waals surface area contributed by atoms with E-state index in [1.807, 2.05) is 135 Å². The van der Waals surface area contributed by atoms with Gasteiger partial charge in [0.2, 0.25) is 10.0 Å². The molecule has 0 radical (unpaired) electrons. The number of carbonyl (C=O) groups is 2. The minimum absolute atomic E-state index is 0.153. The van der Waals surface area contributed by atoms with Gasteiger partial charge in [-0.05, 0) is 136 Å². The molecule has 0 bridgehead atoms. The minimum atomic E-state index is -3.72. The van der Waals surface area contributed by atoms with Gasteiger partial charge >= 0.3 is 0 Å². The first-order chi connectivity index (χ1) is 42.9. The molecule has 2 aliphatic rings. The SMILES string of the molecule is CCCCCCOc1ccc(-c2nc3cccc4c3n2CCCC4=O)cc1.CN(C)c1cccc2c(S(=O)(=O)Cl)cccc12.CN(C)c1cccc2c(S(N)(=O)=O)cccc12.NCCCCCCOc1ccc(-c2nc3cccc4c3n2CCCC4=O)cc1. The smallest absolute Gasteiger partial charge is 0.261 e. The van der Waals surface area contributed by atoms with Crippen LogP contribution < -0.4 is 30.1 Å². The number of hydrogen-bond donors (Lipinski definition) is 2. The molecular weight excluding hydrogens is 1180 g/mol. The van der Waals surface area contributed by atoms with Gasteiger partial charge in [-0.1, -0.05) is 99.7 Å². The highest BCUT2D eigenvalue weighted by Crippen LogP contribution is 2.36. The highest BCUT2D eigenvalue weighted by molar-refractivity contribution is 8.14. The van der Waals surface area contributed by atoms with Crippen LogP contribution in [0.15, 0.2) is 168 Å². The molecule has 0 fully saturated rings. The number of para-hydroxylation sites is 2. The van der Waals surface area contributed by atoms with Gasteiger partial charge in [0.15, 0.2) is 11.6 Å². The van der Waals surface area contributed by atoms with Crippen LogP contribution in [-0.2, 0) is 32.2 Å². The number of ether oxygens (including phenoxy) is 2. The van der Waals surface area contributed by atoms with Crippen LogP contribution in [-0.4, -0.2) is 95.5 Å². The van der Waals surface area contributed by atoms with Gasteiger partial charge in [0.05, 0.1) is 45.1 Å². The van der Waals surface area contributed by atoms with E-state index < -0.39 is 19.1 Å². The van der Waals surface area contributed by atoms with Gasteiger partial charge in [0.1, 0.15) is 23.1 Å². The van der Waals surface area contributed by atoms with Gasteiger partial charge in [-0.3, -0.25) is 9.59 Å². The summed E-state index contributed by atoms with van der Waals surface area (Å²) in [5.41, 5.74) is 14.9. The van der Waals surface area contributed by atoms with Gasteiger partial charge in [-0.15, -0.1) is 0 Å². The van der Waals surface area contributed by atoms with Gasteiger partial charge in [0.25, 0.3) is 9.05 Å². The summed E-state index contributed by atoms with van der Waals surface area (Å²) in [6.45, 7) is 6.12. The monoisotopic (exact) mass is 1260 g/mol. The lowest BCUT2D eigenvalue weighted by atomic mass is 10.1. The first kappa shape index (κ1) is 65.3. The van der Waals surface area contributed by atoms with Crippen molar-refractivity contribution in [2.24, 2.45) is 10.9 Å². The lowest BCUT2D eigenvalue weighted by Crippen LogP contribution is -2.13. The van der Waals surface area contributed by atoms with Crippen molar-refractivity contribution in [1.29, 1.82) is 0 Å². The molecule has 466 valence electrons. The summed E-state index contributed by atoms with van der Waals surface area (Å²) in [7, 11) is 5.68. The van der Waals surface area contributed by atoms with Crippen molar-refractivity contribution in [3.8, 4) is 34.3 Å². The first-order valence-corrected chi connectivity index (χ1v) is 34.3. The number of aromatic nitrogens is 4. The molecule has 0 unspecified atom stereocenters. The molecule has 12 rings (SSSR count). The number of hydrogen-bond acceptors (Lipinski definition) is 13. The quantitative estimate of drug-likeness (QED) is 0.0570. The highest BCUT2D eigenvalue weighted by Gasteiger charge is 2.24. The van der Waals surface area contributed by atoms with Crippen molar-refractivity contribution in [2.45, 2.75) is 107 Å². The van der Waals surface area contributed by atoms with E-state index in [0.29, 0.717) is 23.6 Å². The number of sulfonamides is 1. The summed E-state index contributed by atoms with van der Waals surface area (Å²) >= 11 is 0. The molecular formula is C70H79ClN8O8S2. The molecule has 0 saturated carbocycles. The van der Waals surface area contributed by atoms with Crippen molar-refractivity contribution < 1.29 is 35.9 Å². The van der Waals surface area contributed by atoms with E-state index >= 15 is 0 Å².